The quantitative estimate of drug-likeness (QED) is 0.837. The zero-order valence-corrected chi connectivity index (χ0v) is 13.4. The number of likely N-dealkylation sites (tertiary alicyclic amines) is 1. The molecule has 7 heteroatoms. The number of nitrogens with zero attached hydrogens (tertiary/aromatic N) is 1. The van der Waals surface area contributed by atoms with E-state index in [2.05, 4.69) is 5.32 Å². The first-order valence-corrected chi connectivity index (χ1v) is 7.08. The molecule has 0 aliphatic carbocycles. The van der Waals surface area contributed by atoms with E-state index in [0.717, 1.165) is 19.4 Å². The molecule has 1 aliphatic heterocycles. The minimum absolute atomic E-state index is 0. The van der Waals surface area contributed by atoms with Crippen molar-refractivity contribution in [1.82, 2.24) is 10.2 Å². The summed E-state index contributed by atoms with van der Waals surface area (Å²) in [4.78, 5) is 25.3. The van der Waals surface area contributed by atoms with E-state index < -0.39 is 5.91 Å². The fourth-order valence-corrected chi connectivity index (χ4v) is 2.49. The number of hydrogen-bond donors (Lipinski definition) is 2. The highest BCUT2D eigenvalue weighted by Gasteiger charge is 2.25. The van der Waals surface area contributed by atoms with Gasteiger partial charge in [-0.05, 0) is 32.0 Å². The lowest BCUT2D eigenvalue weighted by molar-refractivity contribution is -0.119. The second kappa shape index (κ2) is 8.60. The van der Waals surface area contributed by atoms with Crippen LogP contribution in [0.2, 0.25) is 0 Å². The standard InChI is InChI=1S/C15H21N3O3.ClH/c1-17-11-5-4-8-18(9-11)15(20)12-6-2-3-7-13(12)21-10-14(16)19;/h2-3,6-7,11,17H,4-5,8-10H2,1H3,(H2,16,19);1H. The highest BCUT2D eigenvalue weighted by molar-refractivity contribution is 5.97. The Morgan fingerprint density at radius 1 is 1.41 bits per heavy atom. The molecule has 122 valence electrons. The molecule has 3 N–H and O–H groups in total. The second-order valence-corrected chi connectivity index (χ2v) is 5.13. The van der Waals surface area contributed by atoms with Crippen LogP contribution in [0.4, 0.5) is 0 Å². The van der Waals surface area contributed by atoms with Crippen LogP contribution in [0.3, 0.4) is 0 Å². The van der Waals surface area contributed by atoms with Gasteiger partial charge in [0.25, 0.3) is 11.8 Å². The molecule has 0 bridgehead atoms. The first-order valence-electron chi connectivity index (χ1n) is 7.08. The lowest BCUT2D eigenvalue weighted by atomic mass is 10.0. The van der Waals surface area contributed by atoms with Crippen LogP contribution in [0, 0.1) is 0 Å². The number of likely N-dealkylation sites (N-methyl/N-ethyl adjacent to an activating group) is 1. The van der Waals surface area contributed by atoms with Crippen molar-refractivity contribution >= 4 is 24.2 Å². The molecule has 22 heavy (non-hydrogen) atoms. The van der Waals surface area contributed by atoms with Crippen LogP contribution in [-0.4, -0.2) is 49.5 Å². The fraction of sp³-hybridized carbons (Fsp3) is 0.467. The molecule has 2 rings (SSSR count). The minimum Gasteiger partial charge on any atom is -0.483 e. The molecule has 1 unspecified atom stereocenters. The largest absolute Gasteiger partial charge is 0.483 e. The molecule has 2 amide bonds. The average Bonchev–Trinajstić information content (AvgIpc) is 2.52. The Morgan fingerprint density at radius 2 is 2.14 bits per heavy atom. The van der Waals surface area contributed by atoms with Crippen molar-refractivity contribution in [2.24, 2.45) is 5.73 Å². The molecule has 1 saturated heterocycles. The number of piperidine rings is 1. The maximum atomic E-state index is 12.6. The number of benzene rings is 1. The minimum atomic E-state index is -0.564. The number of halogens is 1. The third-order valence-electron chi connectivity index (χ3n) is 3.60. The maximum Gasteiger partial charge on any atom is 0.257 e. The summed E-state index contributed by atoms with van der Waals surface area (Å²) in [6.45, 7) is 1.18. The number of para-hydroxylation sites is 1. The van der Waals surface area contributed by atoms with Gasteiger partial charge in [-0.3, -0.25) is 9.59 Å². The van der Waals surface area contributed by atoms with E-state index in [9.17, 15) is 9.59 Å². The molecule has 1 aliphatic rings. The summed E-state index contributed by atoms with van der Waals surface area (Å²) in [7, 11) is 1.91. The summed E-state index contributed by atoms with van der Waals surface area (Å²) < 4.78 is 5.33. The Morgan fingerprint density at radius 3 is 2.82 bits per heavy atom. The van der Waals surface area contributed by atoms with Gasteiger partial charge in [-0.2, -0.15) is 0 Å². The van der Waals surface area contributed by atoms with Crippen molar-refractivity contribution in [3.63, 3.8) is 0 Å². The number of nitrogens with one attached hydrogen (secondary N) is 1. The number of hydrogen-bond acceptors (Lipinski definition) is 4. The Hall–Kier alpha value is -1.79. The Balaban J connectivity index is 0.00000242. The van der Waals surface area contributed by atoms with E-state index in [-0.39, 0.29) is 24.9 Å². The van der Waals surface area contributed by atoms with Gasteiger partial charge in [0, 0.05) is 19.1 Å². The summed E-state index contributed by atoms with van der Waals surface area (Å²) in [5.41, 5.74) is 5.55. The molecular formula is C15H22ClN3O3. The highest BCUT2D eigenvalue weighted by Crippen LogP contribution is 2.22. The van der Waals surface area contributed by atoms with Crippen LogP contribution >= 0.6 is 12.4 Å². The number of ether oxygens (including phenoxy) is 1. The zero-order valence-electron chi connectivity index (χ0n) is 12.6. The van der Waals surface area contributed by atoms with E-state index in [1.54, 1.807) is 24.3 Å². The Labute approximate surface area is 136 Å². The van der Waals surface area contributed by atoms with E-state index in [0.29, 0.717) is 23.9 Å². The lowest BCUT2D eigenvalue weighted by Crippen LogP contribution is -2.47. The molecule has 1 aromatic carbocycles. The number of rotatable bonds is 5. The van der Waals surface area contributed by atoms with E-state index in [1.165, 1.54) is 0 Å². The number of amides is 2. The molecule has 1 fully saturated rings. The van der Waals surface area contributed by atoms with Crippen LogP contribution in [0.15, 0.2) is 24.3 Å². The van der Waals surface area contributed by atoms with E-state index in [4.69, 9.17) is 10.5 Å². The molecule has 0 saturated carbocycles. The lowest BCUT2D eigenvalue weighted by Gasteiger charge is -2.32. The summed E-state index contributed by atoms with van der Waals surface area (Å²) in [6.07, 6.45) is 2.04. The first-order chi connectivity index (χ1) is 10.1. The number of primary amides is 1. The highest BCUT2D eigenvalue weighted by atomic mass is 35.5. The molecule has 1 atom stereocenters. The predicted molar refractivity (Wildman–Crippen MR) is 86.4 cm³/mol. The smallest absolute Gasteiger partial charge is 0.257 e. The van der Waals surface area contributed by atoms with Gasteiger partial charge < -0.3 is 20.7 Å². The fourth-order valence-electron chi connectivity index (χ4n) is 2.49. The monoisotopic (exact) mass is 327 g/mol. The van der Waals surface area contributed by atoms with Crippen molar-refractivity contribution < 1.29 is 14.3 Å². The third-order valence-corrected chi connectivity index (χ3v) is 3.60. The number of carbonyl (C=O) groups excluding carboxylic acids is 2. The average molecular weight is 328 g/mol. The van der Waals surface area contributed by atoms with Crippen molar-refractivity contribution in [2.75, 3.05) is 26.7 Å². The van der Waals surface area contributed by atoms with Gasteiger partial charge >= 0.3 is 0 Å². The molecule has 0 spiro atoms. The van der Waals surface area contributed by atoms with Crippen LogP contribution < -0.4 is 15.8 Å². The van der Waals surface area contributed by atoms with Gasteiger partial charge in [0.2, 0.25) is 0 Å². The summed E-state index contributed by atoms with van der Waals surface area (Å²) in [5.74, 6) is -0.242. The van der Waals surface area contributed by atoms with Crippen LogP contribution in [0.1, 0.15) is 23.2 Å². The molecular weight excluding hydrogens is 306 g/mol. The van der Waals surface area contributed by atoms with Gasteiger partial charge in [0.15, 0.2) is 6.61 Å². The summed E-state index contributed by atoms with van der Waals surface area (Å²) in [5, 5.41) is 3.21. The normalized spacial score (nSPS) is 17.5. The predicted octanol–water partition coefficient (Wildman–Crippen LogP) is 0.796. The summed E-state index contributed by atoms with van der Waals surface area (Å²) in [6, 6.07) is 7.25. The van der Waals surface area contributed by atoms with E-state index in [1.807, 2.05) is 11.9 Å². The van der Waals surface area contributed by atoms with Crippen LogP contribution in [0.5, 0.6) is 5.75 Å². The number of nitrogens with two attached hydrogens (primary N) is 1. The van der Waals surface area contributed by atoms with Crippen molar-refractivity contribution in [3.05, 3.63) is 29.8 Å². The van der Waals surface area contributed by atoms with Crippen molar-refractivity contribution in [1.29, 1.82) is 0 Å². The van der Waals surface area contributed by atoms with Gasteiger partial charge in [-0.25, -0.2) is 0 Å². The van der Waals surface area contributed by atoms with Gasteiger partial charge in [-0.15, -0.1) is 12.4 Å². The molecule has 6 nitrogen and oxygen atoms in total. The van der Waals surface area contributed by atoms with Crippen LogP contribution in [0.25, 0.3) is 0 Å². The second-order valence-electron chi connectivity index (χ2n) is 5.13. The van der Waals surface area contributed by atoms with Crippen molar-refractivity contribution in [2.45, 2.75) is 18.9 Å². The summed E-state index contributed by atoms with van der Waals surface area (Å²) >= 11 is 0. The SMILES string of the molecule is CNC1CCCN(C(=O)c2ccccc2OCC(N)=O)C1.Cl. The molecule has 0 radical (unpaired) electrons. The van der Waals surface area contributed by atoms with Gasteiger partial charge in [0.05, 0.1) is 5.56 Å². The van der Waals surface area contributed by atoms with E-state index >= 15 is 0 Å². The Kier molecular flexibility index (Phi) is 7.14. The van der Waals surface area contributed by atoms with Crippen molar-refractivity contribution in [3.8, 4) is 5.75 Å². The van der Waals surface area contributed by atoms with Crippen LogP contribution in [-0.2, 0) is 4.79 Å². The third kappa shape index (κ3) is 4.61. The van der Waals surface area contributed by atoms with Gasteiger partial charge in [0.1, 0.15) is 5.75 Å². The number of carbonyl (C=O) groups is 2. The first kappa shape index (κ1) is 18.3. The molecule has 1 aromatic rings. The topological polar surface area (TPSA) is 84.7 Å². The molecule has 1 heterocycles. The molecule has 0 aromatic heterocycles. The van der Waals surface area contributed by atoms with Gasteiger partial charge in [-0.1, -0.05) is 12.1 Å². The maximum absolute atomic E-state index is 12.6. The Bertz CT molecular complexity index is 525. The zero-order chi connectivity index (χ0) is 15.2.